The number of aromatic amines is 1. The molecule has 0 aliphatic rings. The van der Waals surface area contributed by atoms with Gasteiger partial charge in [-0.05, 0) is 31.5 Å². The van der Waals surface area contributed by atoms with Crippen molar-refractivity contribution in [3.63, 3.8) is 0 Å². The van der Waals surface area contributed by atoms with Gasteiger partial charge in [0, 0.05) is 18.3 Å². The minimum Gasteiger partial charge on any atom is -0.312 e. The normalized spacial score (nSPS) is 11.2. The van der Waals surface area contributed by atoms with Gasteiger partial charge in [0.15, 0.2) is 0 Å². The van der Waals surface area contributed by atoms with Crippen LogP contribution in [0.1, 0.15) is 19.0 Å². The second-order valence-corrected chi connectivity index (χ2v) is 5.24. The average molecular weight is 301 g/mol. The van der Waals surface area contributed by atoms with Crippen molar-refractivity contribution in [1.82, 2.24) is 14.3 Å². The van der Waals surface area contributed by atoms with Gasteiger partial charge in [0.1, 0.15) is 5.82 Å². The summed E-state index contributed by atoms with van der Waals surface area (Å²) in [5, 5.41) is 3.34. The first-order valence-electron chi connectivity index (χ1n) is 7.14. The second-order valence-electron chi connectivity index (χ2n) is 5.24. The maximum absolute atomic E-state index is 13.4. The molecule has 0 saturated heterocycles. The van der Waals surface area contributed by atoms with E-state index in [1.165, 1.54) is 28.9 Å². The smallest absolute Gasteiger partial charge is 0.280 e. The Labute approximate surface area is 125 Å². The quantitative estimate of drug-likeness (QED) is 0.807. The number of aromatic nitrogens is 3. The largest absolute Gasteiger partial charge is 0.312 e. The number of aryl methyl sites for hydroxylation is 1. The molecule has 0 amide bonds. The molecule has 6 heteroatoms. The molecule has 1 N–H and O–H groups in total. The van der Waals surface area contributed by atoms with Crippen molar-refractivity contribution >= 4 is 10.9 Å². The molecule has 5 nitrogen and oxygen atoms in total. The molecule has 0 aliphatic carbocycles. The number of hydrogen-bond donors (Lipinski definition) is 1. The van der Waals surface area contributed by atoms with Crippen molar-refractivity contribution in [3.8, 4) is 5.69 Å². The van der Waals surface area contributed by atoms with Crippen molar-refractivity contribution in [2.75, 3.05) is 0 Å². The molecule has 0 saturated carbocycles. The summed E-state index contributed by atoms with van der Waals surface area (Å²) in [5.41, 5.74) is 1.04. The van der Waals surface area contributed by atoms with Crippen LogP contribution >= 0.6 is 0 Å². The van der Waals surface area contributed by atoms with Gasteiger partial charge >= 0.3 is 0 Å². The molecule has 1 aromatic carbocycles. The highest BCUT2D eigenvalue weighted by molar-refractivity contribution is 5.80. The second kappa shape index (κ2) is 5.29. The number of H-pyrrole nitrogens is 1. The van der Waals surface area contributed by atoms with Gasteiger partial charge in [-0.25, -0.2) is 9.07 Å². The fraction of sp³-hybridized carbons (Fsp3) is 0.250. The number of fused-ring (bicyclic) bond motifs is 1. The third-order valence-electron chi connectivity index (χ3n) is 3.73. The zero-order valence-corrected chi connectivity index (χ0v) is 12.4. The molecule has 3 aromatic rings. The lowest BCUT2D eigenvalue weighted by atomic mass is 10.2. The van der Waals surface area contributed by atoms with Crippen LogP contribution in [0.4, 0.5) is 4.39 Å². The van der Waals surface area contributed by atoms with Crippen LogP contribution in [0.3, 0.4) is 0 Å². The molecule has 0 spiro atoms. The molecule has 22 heavy (non-hydrogen) atoms. The minimum absolute atomic E-state index is 0.153. The van der Waals surface area contributed by atoms with E-state index in [1.54, 1.807) is 17.6 Å². The first kappa shape index (κ1) is 14.3. The minimum atomic E-state index is -0.426. The molecule has 0 atom stereocenters. The van der Waals surface area contributed by atoms with E-state index in [1.807, 2.05) is 6.92 Å². The monoisotopic (exact) mass is 301 g/mol. The average Bonchev–Trinajstić information content (AvgIpc) is 2.80. The Morgan fingerprint density at radius 1 is 1.23 bits per heavy atom. The van der Waals surface area contributed by atoms with Crippen LogP contribution in [0.15, 0.2) is 39.9 Å². The molecular weight excluding hydrogens is 285 g/mol. The summed E-state index contributed by atoms with van der Waals surface area (Å²) < 4.78 is 16.2. The Kier molecular flexibility index (Phi) is 3.44. The van der Waals surface area contributed by atoms with E-state index in [2.05, 4.69) is 5.10 Å². The van der Waals surface area contributed by atoms with Gasteiger partial charge in [0.25, 0.3) is 11.1 Å². The number of pyridine rings is 1. The SMILES string of the molecule is CCCn1c(C)c2c(=O)n(-c3cccc(F)c3)[nH]c2cc1=O. The summed E-state index contributed by atoms with van der Waals surface area (Å²) in [7, 11) is 0. The molecule has 114 valence electrons. The zero-order valence-electron chi connectivity index (χ0n) is 12.4. The Morgan fingerprint density at radius 2 is 2.00 bits per heavy atom. The molecule has 3 rings (SSSR count). The van der Waals surface area contributed by atoms with Gasteiger partial charge in [-0.3, -0.25) is 14.7 Å². The molecule has 0 radical (unpaired) electrons. The fourth-order valence-electron chi connectivity index (χ4n) is 2.71. The summed E-state index contributed by atoms with van der Waals surface area (Å²) in [6, 6.07) is 7.16. The van der Waals surface area contributed by atoms with Crippen molar-refractivity contribution in [2.24, 2.45) is 0 Å². The first-order valence-corrected chi connectivity index (χ1v) is 7.14. The highest BCUT2D eigenvalue weighted by Crippen LogP contribution is 2.14. The van der Waals surface area contributed by atoms with Crippen LogP contribution in [-0.4, -0.2) is 14.3 Å². The molecule has 2 aromatic heterocycles. The van der Waals surface area contributed by atoms with Crippen molar-refractivity contribution in [1.29, 1.82) is 0 Å². The zero-order chi connectivity index (χ0) is 15.9. The van der Waals surface area contributed by atoms with Crippen molar-refractivity contribution in [3.05, 3.63) is 62.6 Å². The predicted octanol–water partition coefficient (Wildman–Crippen LogP) is 2.34. The van der Waals surface area contributed by atoms with E-state index >= 15 is 0 Å². The fourth-order valence-corrected chi connectivity index (χ4v) is 2.71. The van der Waals surface area contributed by atoms with Gasteiger partial charge in [-0.2, -0.15) is 0 Å². The highest BCUT2D eigenvalue weighted by atomic mass is 19.1. The molecule has 2 heterocycles. The van der Waals surface area contributed by atoms with E-state index in [4.69, 9.17) is 0 Å². The lowest BCUT2D eigenvalue weighted by molar-refractivity contribution is 0.625. The van der Waals surface area contributed by atoms with Crippen molar-refractivity contribution < 1.29 is 4.39 Å². The Hall–Kier alpha value is -2.63. The van der Waals surface area contributed by atoms with Gasteiger partial charge in [-0.15, -0.1) is 0 Å². The van der Waals surface area contributed by atoms with Crippen LogP contribution in [-0.2, 0) is 6.54 Å². The summed E-state index contributed by atoms with van der Waals surface area (Å²) in [4.78, 5) is 24.7. The number of hydrogen-bond acceptors (Lipinski definition) is 2. The number of nitrogens with one attached hydrogen (secondary N) is 1. The Morgan fingerprint density at radius 3 is 2.68 bits per heavy atom. The van der Waals surface area contributed by atoms with Crippen molar-refractivity contribution in [2.45, 2.75) is 26.8 Å². The van der Waals surface area contributed by atoms with Gasteiger partial charge < -0.3 is 4.57 Å². The number of benzene rings is 1. The number of halogens is 1. The Bertz CT molecular complexity index is 966. The summed E-state index contributed by atoms with van der Waals surface area (Å²) in [5.74, 6) is -0.426. The Balaban J connectivity index is 2.33. The number of nitrogens with zero attached hydrogens (tertiary/aromatic N) is 2. The van der Waals surface area contributed by atoms with E-state index in [9.17, 15) is 14.0 Å². The lowest BCUT2D eigenvalue weighted by Crippen LogP contribution is -2.23. The van der Waals surface area contributed by atoms with Gasteiger partial charge in [0.05, 0.1) is 16.6 Å². The van der Waals surface area contributed by atoms with Gasteiger partial charge in [-0.1, -0.05) is 13.0 Å². The summed E-state index contributed by atoms with van der Waals surface area (Å²) in [6.07, 6.45) is 0.800. The van der Waals surface area contributed by atoms with Crippen LogP contribution in [0.25, 0.3) is 16.6 Å². The van der Waals surface area contributed by atoms with Gasteiger partial charge in [0.2, 0.25) is 0 Å². The van der Waals surface area contributed by atoms with E-state index < -0.39 is 5.82 Å². The maximum Gasteiger partial charge on any atom is 0.280 e. The van der Waals surface area contributed by atoms with Crippen LogP contribution < -0.4 is 11.1 Å². The van der Waals surface area contributed by atoms with E-state index in [0.29, 0.717) is 28.8 Å². The standard InChI is InChI=1S/C16H16FN3O2/c1-3-7-19-10(2)15-13(9-14(19)21)18-20(16(15)22)12-6-4-5-11(17)8-12/h4-6,8-9,18H,3,7H2,1-2H3. The number of rotatable bonds is 3. The molecule has 0 bridgehead atoms. The third kappa shape index (κ3) is 2.16. The lowest BCUT2D eigenvalue weighted by Gasteiger charge is -2.07. The molecular formula is C16H16FN3O2. The third-order valence-corrected chi connectivity index (χ3v) is 3.73. The van der Waals surface area contributed by atoms with Crippen LogP contribution in [0.5, 0.6) is 0 Å². The van der Waals surface area contributed by atoms with E-state index in [0.717, 1.165) is 6.42 Å². The molecule has 0 aliphatic heterocycles. The topological polar surface area (TPSA) is 59.8 Å². The molecule has 0 unspecified atom stereocenters. The predicted molar refractivity (Wildman–Crippen MR) is 83.1 cm³/mol. The summed E-state index contributed by atoms with van der Waals surface area (Å²) in [6.45, 7) is 4.29. The summed E-state index contributed by atoms with van der Waals surface area (Å²) >= 11 is 0. The maximum atomic E-state index is 13.4. The first-order chi connectivity index (χ1) is 10.5. The van der Waals surface area contributed by atoms with Crippen LogP contribution in [0.2, 0.25) is 0 Å². The van der Waals surface area contributed by atoms with Crippen LogP contribution in [0, 0.1) is 12.7 Å². The van der Waals surface area contributed by atoms with E-state index in [-0.39, 0.29) is 11.1 Å². The molecule has 0 fully saturated rings. The highest BCUT2D eigenvalue weighted by Gasteiger charge is 2.14.